The number of hydrogen-bond acceptors (Lipinski definition) is 5. The molecule has 1 aliphatic rings. The molecule has 35 heavy (non-hydrogen) atoms. The molecule has 0 spiro atoms. The van der Waals surface area contributed by atoms with Crippen LogP contribution in [0.3, 0.4) is 0 Å². The predicted octanol–water partition coefficient (Wildman–Crippen LogP) is 4.85. The van der Waals surface area contributed by atoms with Crippen LogP contribution >= 0.6 is 23.4 Å². The summed E-state index contributed by atoms with van der Waals surface area (Å²) in [5.74, 6) is -1.04. The quantitative estimate of drug-likeness (QED) is 0.484. The molecule has 7 nitrogen and oxygen atoms in total. The molecule has 4 rings (SSSR count). The lowest BCUT2D eigenvalue weighted by molar-refractivity contribution is -0.138. The van der Waals surface area contributed by atoms with Crippen molar-refractivity contribution in [1.82, 2.24) is 20.0 Å². The molecule has 2 aromatic carbocycles. The zero-order valence-electron chi connectivity index (χ0n) is 18.4. The van der Waals surface area contributed by atoms with E-state index in [1.165, 1.54) is 29.9 Å². The van der Waals surface area contributed by atoms with E-state index in [1.54, 1.807) is 25.1 Å². The summed E-state index contributed by atoms with van der Waals surface area (Å²) in [6.45, 7) is 1.24. The predicted molar refractivity (Wildman–Crippen MR) is 127 cm³/mol. The Labute approximate surface area is 206 Å². The van der Waals surface area contributed by atoms with E-state index in [2.05, 4.69) is 10.4 Å². The highest BCUT2D eigenvalue weighted by atomic mass is 35.5. The van der Waals surface area contributed by atoms with E-state index in [0.29, 0.717) is 22.2 Å². The number of alkyl halides is 3. The SMILES string of the molecule is CNC(=O)CN1C(=O)S/C(=C\c2ccc3c(c2)c(C)nn3Cc2ccc(Cl)cc2C(F)(F)F)C1=O. The summed E-state index contributed by atoms with van der Waals surface area (Å²) in [6.07, 6.45) is -3.03. The second kappa shape index (κ2) is 9.38. The third-order valence-corrected chi connectivity index (χ3v) is 6.55. The van der Waals surface area contributed by atoms with Gasteiger partial charge in [0.15, 0.2) is 0 Å². The van der Waals surface area contributed by atoms with Crippen LogP contribution in [0, 0.1) is 6.92 Å². The van der Waals surface area contributed by atoms with Crippen molar-refractivity contribution in [2.24, 2.45) is 0 Å². The van der Waals surface area contributed by atoms with Crippen LogP contribution < -0.4 is 5.32 Å². The van der Waals surface area contributed by atoms with Gasteiger partial charge in [-0.3, -0.25) is 24.0 Å². The van der Waals surface area contributed by atoms with E-state index in [9.17, 15) is 27.6 Å². The minimum Gasteiger partial charge on any atom is -0.358 e. The number of benzene rings is 2. The van der Waals surface area contributed by atoms with Crippen molar-refractivity contribution in [2.75, 3.05) is 13.6 Å². The van der Waals surface area contributed by atoms with Gasteiger partial charge in [-0.2, -0.15) is 18.3 Å². The van der Waals surface area contributed by atoms with Gasteiger partial charge in [-0.15, -0.1) is 0 Å². The Morgan fingerprint density at radius 3 is 2.63 bits per heavy atom. The maximum atomic E-state index is 13.5. The van der Waals surface area contributed by atoms with Crippen LogP contribution in [0.15, 0.2) is 41.3 Å². The number of nitrogens with one attached hydrogen (secondary N) is 1. The molecular weight excluding hydrogens is 505 g/mol. The molecule has 1 aromatic heterocycles. The van der Waals surface area contributed by atoms with E-state index in [-0.39, 0.29) is 28.6 Å². The van der Waals surface area contributed by atoms with Crippen LogP contribution in [0.1, 0.15) is 22.4 Å². The van der Waals surface area contributed by atoms with Gasteiger partial charge in [0.2, 0.25) is 5.91 Å². The topological polar surface area (TPSA) is 84.3 Å². The lowest BCUT2D eigenvalue weighted by Gasteiger charge is -2.14. The van der Waals surface area contributed by atoms with E-state index >= 15 is 0 Å². The van der Waals surface area contributed by atoms with Gasteiger partial charge in [0.1, 0.15) is 6.54 Å². The number of thioether (sulfide) groups is 1. The fraction of sp³-hybridized carbons (Fsp3) is 0.217. The first-order valence-electron chi connectivity index (χ1n) is 10.3. The average Bonchev–Trinajstić information content (AvgIpc) is 3.24. The zero-order valence-corrected chi connectivity index (χ0v) is 20.0. The van der Waals surface area contributed by atoms with Gasteiger partial charge < -0.3 is 5.32 Å². The van der Waals surface area contributed by atoms with Crippen molar-refractivity contribution in [3.63, 3.8) is 0 Å². The molecule has 0 aliphatic carbocycles. The van der Waals surface area contributed by atoms with Gasteiger partial charge >= 0.3 is 6.18 Å². The van der Waals surface area contributed by atoms with Crippen molar-refractivity contribution in [1.29, 1.82) is 0 Å². The number of rotatable bonds is 5. The molecule has 1 fully saturated rings. The van der Waals surface area contributed by atoms with E-state index < -0.39 is 28.8 Å². The zero-order chi connectivity index (χ0) is 25.5. The average molecular weight is 523 g/mol. The molecule has 1 aliphatic heterocycles. The fourth-order valence-corrected chi connectivity index (χ4v) is 4.70. The van der Waals surface area contributed by atoms with Crippen LogP contribution in [-0.4, -0.2) is 45.3 Å². The molecular formula is C23H18ClF3N4O3S. The first-order chi connectivity index (χ1) is 16.5. The molecule has 0 atom stereocenters. The number of aryl methyl sites for hydroxylation is 1. The lowest BCUT2D eigenvalue weighted by atomic mass is 10.1. The summed E-state index contributed by atoms with van der Waals surface area (Å²) >= 11 is 6.51. The first-order valence-corrected chi connectivity index (χ1v) is 11.5. The van der Waals surface area contributed by atoms with Gasteiger partial charge in [0.05, 0.1) is 28.2 Å². The van der Waals surface area contributed by atoms with Gasteiger partial charge in [-0.25, -0.2) is 0 Å². The highest BCUT2D eigenvalue weighted by molar-refractivity contribution is 8.18. The number of halogens is 4. The first kappa shape index (κ1) is 24.8. The number of likely N-dealkylation sites (N-methyl/N-ethyl adjacent to an activating group) is 1. The lowest BCUT2D eigenvalue weighted by Crippen LogP contribution is -2.38. The van der Waals surface area contributed by atoms with Crippen LogP contribution in [0.2, 0.25) is 5.02 Å². The molecule has 182 valence electrons. The number of fused-ring (bicyclic) bond motifs is 1. The summed E-state index contributed by atoms with van der Waals surface area (Å²) in [5, 5.41) is 6.90. The van der Waals surface area contributed by atoms with Crippen LogP contribution in [0.4, 0.5) is 18.0 Å². The molecule has 12 heteroatoms. The van der Waals surface area contributed by atoms with Gasteiger partial charge in [-0.1, -0.05) is 23.7 Å². The molecule has 3 aromatic rings. The Bertz CT molecular complexity index is 1400. The van der Waals surface area contributed by atoms with Gasteiger partial charge in [0, 0.05) is 17.5 Å². The van der Waals surface area contributed by atoms with Crippen molar-refractivity contribution in [3.05, 3.63) is 68.7 Å². The smallest absolute Gasteiger partial charge is 0.358 e. The summed E-state index contributed by atoms with van der Waals surface area (Å²) in [6, 6.07) is 8.74. The number of carbonyl (C=O) groups is 3. The van der Waals surface area contributed by atoms with Crippen molar-refractivity contribution in [2.45, 2.75) is 19.6 Å². The third kappa shape index (κ3) is 5.06. The Hall–Kier alpha value is -3.31. The molecule has 0 unspecified atom stereocenters. The van der Waals surface area contributed by atoms with Gasteiger partial charge in [0.25, 0.3) is 11.1 Å². The fourth-order valence-electron chi connectivity index (χ4n) is 3.69. The molecule has 1 N–H and O–H groups in total. The Morgan fingerprint density at radius 2 is 1.94 bits per heavy atom. The largest absolute Gasteiger partial charge is 0.416 e. The number of hydrogen-bond donors (Lipinski definition) is 1. The molecule has 0 bridgehead atoms. The number of nitrogens with zero attached hydrogens (tertiary/aromatic N) is 3. The van der Waals surface area contributed by atoms with Crippen molar-refractivity contribution < 1.29 is 27.6 Å². The molecule has 0 saturated carbocycles. The number of carbonyl (C=O) groups excluding carboxylic acids is 3. The standard InChI is InChI=1S/C23H18ClF3N4O3S/c1-12-16-7-13(8-19-21(33)30(22(34)35-19)11-20(32)28-2)3-6-18(16)31(29-12)10-14-4-5-15(24)9-17(14)23(25,26)27/h3-9H,10-11H2,1-2H3,(H,28,32)/b19-8-. The summed E-state index contributed by atoms with van der Waals surface area (Å²) < 4.78 is 42.0. The van der Waals surface area contributed by atoms with Crippen LogP contribution in [0.25, 0.3) is 17.0 Å². The number of aromatic nitrogens is 2. The Morgan fingerprint density at radius 1 is 1.20 bits per heavy atom. The molecule has 1 saturated heterocycles. The number of imide groups is 1. The molecule has 3 amide bonds. The van der Waals surface area contributed by atoms with Crippen LogP contribution in [-0.2, 0) is 22.3 Å². The van der Waals surface area contributed by atoms with Gasteiger partial charge in [-0.05, 0) is 60.2 Å². The van der Waals surface area contributed by atoms with E-state index in [4.69, 9.17) is 11.6 Å². The van der Waals surface area contributed by atoms with Crippen molar-refractivity contribution in [3.8, 4) is 0 Å². The van der Waals surface area contributed by atoms with Crippen LogP contribution in [0.5, 0.6) is 0 Å². The summed E-state index contributed by atoms with van der Waals surface area (Å²) in [5.41, 5.74) is 1.00. The molecule has 0 radical (unpaired) electrons. The summed E-state index contributed by atoms with van der Waals surface area (Å²) in [4.78, 5) is 37.3. The highest BCUT2D eigenvalue weighted by Crippen LogP contribution is 2.35. The van der Waals surface area contributed by atoms with Crippen molar-refractivity contribution >= 4 is 57.4 Å². The Balaban J connectivity index is 1.65. The van der Waals surface area contributed by atoms with E-state index in [0.717, 1.165) is 22.7 Å². The third-order valence-electron chi connectivity index (χ3n) is 5.41. The normalized spacial score (nSPS) is 15.5. The van der Waals surface area contributed by atoms with E-state index in [1.807, 2.05) is 0 Å². The maximum absolute atomic E-state index is 13.5. The summed E-state index contributed by atoms with van der Waals surface area (Å²) in [7, 11) is 1.41. The molecule has 2 heterocycles. The monoisotopic (exact) mass is 522 g/mol. The second-order valence-electron chi connectivity index (χ2n) is 7.76. The second-order valence-corrected chi connectivity index (χ2v) is 9.19. The minimum absolute atomic E-state index is 0.00745. The highest BCUT2D eigenvalue weighted by Gasteiger charge is 2.36. The number of amides is 3. The minimum atomic E-state index is -4.56. The Kier molecular flexibility index (Phi) is 6.65. The maximum Gasteiger partial charge on any atom is 0.416 e.